The Morgan fingerprint density at radius 2 is 2.43 bits per heavy atom. The van der Waals surface area contributed by atoms with Crippen molar-refractivity contribution >= 4 is 17.6 Å². The van der Waals surface area contributed by atoms with E-state index in [1.165, 1.54) is 0 Å². The third-order valence-corrected chi connectivity index (χ3v) is 2.30. The van der Waals surface area contributed by atoms with E-state index < -0.39 is 0 Å². The highest BCUT2D eigenvalue weighted by Gasteiger charge is 1.95. The summed E-state index contributed by atoms with van der Waals surface area (Å²) >= 11 is 1.60. The van der Waals surface area contributed by atoms with Gasteiger partial charge in [0, 0.05) is 19.0 Å². The number of nitrogens with one attached hydrogen (secondary N) is 1. The van der Waals surface area contributed by atoms with Crippen molar-refractivity contribution in [3.63, 3.8) is 0 Å². The summed E-state index contributed by atoms with van der Waals surface area (Å²) in [7, 11) is 0. The number of hydrogen-bond acceptors (Lipinski definition) is 4. The molecule has 0 bridgehead atoms. The van der Waals surface area contributed by atoms with Gasteiger partial charge < -0.3 is 5.32 Å². The summed E-state index contributed by atoms with van der Waals surface area (Å²) in [6.07, 6.45) is 10.5. The number of unbranched alkanes of at least 4 members (excludes halogenated alkanes) is 1. The van der Waals surface area contributed by atoms with Crippen LogP contribution in [0, 0.1) is 12.3 Å². The molecule has 0 fully saturated rings. The van der Waals surface area contributed by atoms with Crippen molar-refractivity contribution in [2.45, 2.75) is 17.9 Å². The average Bonchev–Trinajstić information content (AvgIpc) is 2.25. The van der Waals surface area contributed by atoms with Crippen molar-refractivity contribution in [3.05, 3.63) is 12.4 Å². The minimum Gasteiger partial charge on any atom is -0.370 e. The maximum atomic E-state index is 5.15. The Balaban J connectivity index is 2.39. The lowest BCUT2D eigenvalue weighted by molar-refractivity contribution is 0.895. The van der Waals surface area contributed by atoms with Gasteiger partial charge in [-0.25, -0.2) is 9.97 Å². The van der Waals surface area contributed by atoms with Crippen molar-refractivity contribution in [2.24, 2.45) is 0 Å². The summed E-state index contributed by atoms with van der Waals surface area (Å²) in [5.41, 5.74) is 0. The molecule has 1 aromatic heterocycles. The first-order chi connectivity index (χ1) is 6.86. The van der Waals surface area contributed by atoms with Gasteiger partial charge in [-0.05, 0) is 12.7 Å². The molecule has 0 aliphatic carbocycles. The van der Waals surface area contributed by atoms with Crippen LogP contribution in [-0.2, 0) is 0 Å². The van der Waals surface area contributed by atoms with Gasteiger partial charge in [-0.2, -0.15) is 0 Å². The SMILES string of the molecule is C#CCCCNc1cc(SC)ncn1. The second-order valence-electron chi connectivity index (χ2n) is 2.68. The van der Waals surface area contributed by atoms with Crippen LogP contribution in [0.4, 0.5) is 5.82 Å². The lowest BCUT2D eigenvalue weighted by Gasteiger charge is -2.04. The summed E-state index contributed by atoms with van der Waals surface area (Å²) in [4.78, 5) is 8.18. The van der Waals surface area contributed by atoms with E-state index in [1.807, 2.05) is 12.3 Å². The topological polar surface area (TPSA) is 37.8 Å². The van der Waals surface area contributed by atoms with E-state index >= 15 is 0 Å². The minimum atomic E-state index is 0.799. The highest BCUT2D eigenvalue weighted by molar-refractivity contribution is 7.98. The number of aromatic nitrogens is 2. The zero-order valence-corrected chi connectivity index (χ0v) is 8.97. The van der Waals surface area contributed by atoms with Crippen LogP contribution >= 0.6 is 11.8 Å². The van der Waals surface area contributed by atoms with E-state index in [0.717, 1.165) is 30.2 Å². The fraction of sp³-hybridized carbons (Fsp3) is 0.400. The molecule has 74 valence electrons. The van der Waals surface area contributed by atoms with Crippen LogP contribution in [0.5, 0.6) is 0 Å². The molecule has 0 unspecified atom stereocenters. The van der Waals surface area contributed by atoms with E-state index in [9.17, 15) is 0 Å². The Bertz CT molecular complexity index is 319. The molecule has 1 heterocycles. The van der Waals surface area contributed by atoms with Gasteiger partial charge in [0.15, 0.2) is 0 Å². The Kier molecular flexibility index (Phi) is 4.87. The highest BCUT2D eigenvalue weighted by atomic mass is 32.2. The first-order valence-corrected chi connectivity index (χ1v) is 5.62. The van der Waals surface area contributed by atoms with Crippen LogP contribution in [-0.4, -0.2) is 22.8 Å². The Hall–Kier alpha value is -1.21. The zero-order chi connectivity index (χ0) is 10.2. The number of thioether (sulfide) groups is 1. The normalized spacial score (nSPS) is 9.43. The molecular formula is C10H13N3S. The Morgan fingerprint density at radius 1 is 1.57 bits per heavy atom. The summed E-state index contributed by atoms with van der Waals surface area (Å²) in [5, 5.41) is 4.17. The fourth-order valence-corrected chi connectivity index (χ4v) is 1.34. The standard InChI is InChI=1S/C10H13N3S/c1-3-4-5-6-11-9-7-10(14-2)13-8-12-9/h1,7-8H,4-6H2,2H3,(H,11,12,13). The summed E-state index contributed by atoms with van der Waals surface area (Å²) in [6, 6.07) is 1.93. The molecule has 14 heavy (non-hydrogen) atoms. The molecule has 0 saturated carbocycles. The molecule has 1 rings (SSSR count). The van der Waals surface area contributed by atoms with E-state index in [1.54, 1.807) is 18.1 Å². The van der Waals surface area contributed by atoms with E-state index in [2.05, 4.69) is 21.2 Å². The molecule has 4 heteroatoms. The van der Waals surface area contributed by atoms with Gasteiger partial charge >= 0.3 is 0 Å². The largest absolute Gasteiger partial charge is 0.370 e. The maximum Gasteiger partial charge on any atom is 0.130 e. The molecule has 1 aromatic rings. The second-order valence-corrected chi connectivity index (χ2v) is 3.51. The molecule has 0 aliphatic heterocycles. The number of hydrogen-bond donors (Lipinski definition) is 1. The lowest BCUT2D eigenvalue weighted by atomic mass is 10.3. The number of anilines is 1. The fourth-order valence-electron chi connectivity index (χ4n) is 0.955. The molecule has 0 radical (unpaired) electrons. The molecule has 3 nitrogen and oxygen atoms in total. The lowest BCUT2D eigenvalue weighted by Crippen LogP contribution is -2.03. The Labute approximate surface area is 88.7 Å². The van der Waals surface area contributed by atoms with Crippen LogP contribution in [0.1, 0.15) is 12.8 Å². The van der Waals surface area contributed by atoms with Crippen molar-refractivity contribution in [2.75, 3.05) is 18.1 Å². The van der Waals surface area contributed by atoms with Gasteiger partial charge in [-0.1, -0.05) is 0 Å². The molecule has 0 amide bonds. The van der Waals surface area contributed by atoms with Crippen molar-refractivity contribution in [3.8, 4) is 12.3 Å². The van der Waals surface area contributed by atoms with Gasteiger partial charge in [-0.15, -0.1) is 24.1 Å². The van der Waals surface area contributed by atoms with Gasteiger partial charge in [0.25, 0.3) is 0 Å². The third kappa shape index (κ3) is 3.67. The minimum absolute atomic E-state index is 0.799. The van der Waals surface area contributed by atoms with Crippen LogP contribution in [0.3, 0.4) is 0 Å². The van der Waals surface area contributed by atoms with Gasteiger partial charge in [0.2, 0.25) is 0 Å². The molecular weight excluding hydrogens is 194 g/mol. The predicted molar refractivity (Wildman–Crippen MR) is 60.4 cm³/mol. The van der Waals surface area contributed by atoms with E-state index in [-0.39, 0.29) is 0 Å². The summed E-state index contributed by atoms with van der Waals surface area (Å²) in [5.74, 6) is 3.46. The second kappa shape index (κ2) is 6.28. The average molecular weight is 207 g/mol. The molecule has 1 N–H and O–H groups in total. The third-order valence-electron chi connectivity index (χ3n) is 1.66. The van der Waals surface area contributed by atoms with Gasteiger partial charge in [-0.3, -0.25) is 0 Å². The summed E-state index contributed by atoms with van der Waals surface area (Å²) < 4.78 is 0. The van der Waals surface area contributed by atoms with Crippen molar-refractivity contribution in [1.29, 1.82) is 0 Å². The first-order valence-electron chi connectivity index (χ1n) is 4.40. The predicted octanol–water partition coefficient (Wildman–Crippen LogP) is 2.02. The van der Waals surface area contributed by atoms with Gasteiger partial charge in [0.05, 0.1) is 0 Å². The maximum absolute atomic E-state index is 5.15. The Morgan fingerprint density at radius 3 is 3.14 bits per heavy atom. The molecule has 0 aromatic carbocycles. The first kappa shape index (κ1) is 10.9. The van der Waals surface area contributed by atoms with Crippen LogP contribution in [0.25, 0.3) is 0 Å². The van der Waals surface area contributed by atoms with Gasteiger partial charge in [0.1, 0.15) is 17.2 Å². The molecule has 0 aliphatic rings. The van der Waals surface area contributed by atoms with Crippen molar-refractivity contribution < 1.29 is 0 Å². The number of terminal acetylenes is 1. The quantitative estimate of drug-likeness (QED) is 0.347. The smallest absolute Gasteiger partial charge is 0.130 e. The van der Waals surface area contributed by atoms with Crippen LogP contribution < -0.4 is 5.32 Å². The van der Waals surface area contributed by atoms with E-state index in [0.29, 0.717) is 0 Å². The monoisotopic (exact) mass is 207 g/mol. The van der Waals surface area contributed by atoms with Crippen LogP contribution in [0.15, 0.2) is 17.4 Å². The molecule has 0 spiro atoms. The summed E-state index contributed by atoms with van der Waals surface area (Å²) in [6.45, 7) is 0.856. The molecule has 0 atom stereocenters. The zero-order valence-electron chi connectivity index (χ0n) is 8.16. The van der Waals surface area contributed by atoms with E-state index in [4.69, 9.17) is 6.42 Å². The molecule has 0 saturated heterocycles. The van der Waals surface area contributed by atoms with Crippen molar-refractivity contribution in [1.82, 2.24) is 9.97 Å². The highest BCUT2D eigenvalue weighted by Crippen LogP contribution is 2.13. The van der Waals surface area contributed by atoms with Crippen LogP contribution in [0.2, 0.25) is 0 Å². The number of rotatable bonds is 5. The number of nitrogens with zero attached hydrogens (tertiary/aromatic N) is 2.